The van der Waals surface area contributed by atoms with E-state index in [0.29, 0.717) is 17.7 Å². The van der Waals surface area contributed by atoms with Gasteiger partial charge >= 0.3 is 5.97 Å². The molecule has 0 heterocycles. The van der Waals surface area contributed by atoms with Gasteiger partial charge in [0.05, 0.1) is 24.4 Å². The topological polar surface area (TPSA) is 81.4 Å². The Kier molecular flexibility index (Phi) is 5.27. The monoisotopic (exact) mass is 298 g/mol. The van der Waals surface area contributed by atoms with Crippen LogP contribution in [0, 0.1) is 0 Å². The number of hydrogen-bond acceptors (Lipinski definition) is 4. The van der Waals surface area contributed by atoms with Crippen LogP contribution in [0.15, 0.2) is 54.6 Å². The fourth-order valence-electron chi connectivity index (χ4n) is 2.07. The lowest BCUT2D eigenvalue weighted by Crippen LogP contribution is -2.37. The highest BCUT2D eigenvalue weighted by molar-refractivity contribution is 6.02. The maximum absolute atomic E-state index is 12.2. The molecule has 1 atom stereocenters. The van der Waals surface area contributed by atoms with Gasteiger partial charge in [-0.1, -0.05) is 42.5 Å². The van der Waals surface area contributed by atoms with E-state index in [1.807, 2.05) is 30.3 Å². The normalized spacial score (nSPS) is 11.5. The Balaban J connectivity index is 2.07. The average molecular weight is 298 g/mol. The highest BCUT2D eigenvalue weighted by Crippen LogP contribution is 2.16. The Labute approximate surface area is 129 Å². The number of methoxy groups -OCH3 is 1. The third-order valence-electron chi connectivity index (χ3n) is 3.23. The fraction of sp³-hybridized carbons (Fsp3) is 0.176. The van der Waals surface area contributed by atoms with Gasteiger partial charge in [0.25, 0.3) is 0 Å². The first kappa shape index (κ1) is 15.7. The van der Waals surface area contributed by atoms with Crippen molar-refractivity contribution in [1.82, 2.24) is 0 Å². The first-order valence-electron chi connectivity index (χ1n) is 6.89. The Morgan fingerprint density at radius 2 is 1.73 bits per heavy atom. The van der Waals surface area contributed by atoms with Crippen molar-refractivity contribution in [2.75, 3.05) is 12.4 Å². The summed E-state index contributed by atoms with van der Waals surface area (Å²) in [6.07, 6.45) is 0.424. The van der Waals surface area contributed by atoms with Crippen molar-refractivity contribution in [3.05, 3.63) is 65.7 Å². The Hall–Kier alpha value is -2.66. The first-order valence-corrected chi connectivity index (χ1v) is 6.89. The number of ether oxygens (including phenoxy) is 1. The first-order chi connectivity index (χ1) is 10.6. The van der Waals surface area contributed by atoms with E-state index in [4.69, 9.17) is 10.5 Å². The van der Waals surface area contributed by atoms with Crippen LogP contribution < -0.4 is 11.1 Å². The fourth-order valence-corrected chi connectivity index (χ4v) is 2.07. The molecule has 5 nitrogen and oxygen atoms in total. The van der Waals surface area contributed by atoms with E-state index < -0.39 is 12.0 Å². The zero-order chi connectivity index (χ0) is 15.9. The molecule has 2 rings (SSSR count). The van der Waals surface area contributed by atoms with Gasteiger partial charge in [0.2, 0.25) is 5.91 Å². The molecule has 0 aromatic heterocycles. The second-order valence-electron chi connectivity index (χ2n) is 4.82. The van der Waals surface area contributed by atoms with Crippen molar-refractivity contribution < 1.29 is 14.3 Å². The van der Waals surface area contributed by atoms with E-state index in [9.17, 15) is 9.59 Å². The Morgan fingerprint density at radius 1 is 1.09 bits per heavy atom. The van der Waals surface area contributed by atoms with Crippen molar-refractivity contribution in [3.63, 3.8) is 0 Å². The van der Waals surface area contributed by atoms with Gasteiger partial charge in [-0.2, -0.15) is 0 Å². The zero-order valence-corrected chi connectivity index (χ0v) is 12.3. The van der Waals surface area contributed by atoms with Crippen LogP contribution >= 0.6 is 0 Å². The van der Waals surface area contributed by atoms with Crippen LogP contribution in [0.3, 0.4) is 0 Å². The van der Waals surface area contributed by atoms with Crippen molar-refractivity contribution >= 4 is 17.6 Å². The molecule has 2 aromatic rings. The van der Waals surface area contributed by atoms with Crippen molar-refractivity contribution in [1.29, 1.82) is 0 Å². The summed E-state index contributed by atoms with van der Waals surface area (Å²) in [5, 5.41) is 2.68. The number of amides is 1. The summed E-state index contributed by atoms with van der Waals surface area (Å²) < 4.78 is 4.69. The molecule has 0 bridgehead atoms. The van der Waals surface area contributed by atoms with Gasteiger partial charge in [0.1, 0.15) is 0 Å². The maximum atomic E-state index is 12.2. The number of nitrogens with two attached hydrogens (primary N) is 1. The van der Waals surface area contributed by atoms with Crippen LogP contribution in [0.4, 0.5) is 5.69 Å². The number of rotatable bonds is 5. The highest BCUT2D eigenvalue weighted by atomic mass is 16.5. The van der Waals surface area contributed by atoms with Crippen molar-refractivity contribution in [2.24, 2.45) is 5.73 Å². The number of hydrogen-bond donors (Lipinski definition) is 2. The number of anilines is 1. The molecule has 22 heavy (non-hydrogen) atoms. The van der Waals surface area contributed by atoms with Crippen LogP contribution in [0.5, 0.6) is 0 Å². The Morgan fingerprint density at radius 3 is 2.41 bits per heavy atom. The molecule has 2 aromatic carbocycles. The molecule has 5 heteroatoms. The molecule has 0 aliphatic carbocycles. The van der Waals surface area contributed by atoms with E-state index in [-0.39, 0.29) is 5.91 Å². The largest absolute Gasteiger partial charge is 0.465 e. The molecule has 0 fully saturated rings. The molecule has 0 saturated carbocycles. The minimum absolute atomic E-state index is 0.297. The summed E-state index contributed by atoms with van der Waals surface area (Å²) in [5.41, 5.74) is 7.59. The molecule has 0 radical (unpaired) electrons. The van der Waals surface area contributed by atoms with Crippen molar-refractivity contribution in [3.8, 4) is 0 Å². The second kappa shape index (κ2) is 7.38. The van der Waals surface area contributed by atoms with Gasteiger partial charge in [0.15, 0.2) is 0 Å². The lowest BCUT2D eigenvalue weighted by molar-refractivity contribution is -0.117. The smallest absolute Gasteiger partial charge is 0.339 e. The van der Waals surface area contributed by atoms with E-state index in [2.05, 4.69) is 5.32 Å². The molecular weight excluding hydrogens is 280 g/mol. The summed E-state index contributed by atoms with van der Waals surface area (Å²) in [7, 11) is 1.29. The third-order valence-corrected chi connectivity index (χ3v) is 3.23. The predicted octanol–water partition coefficient (Wildman–Crippen LogP) is 1.98. The van der Waals surface area contributed by atoms with Crippen LogP contribution in [0.1, 0.15) is 15.9 Å². The van der Waals surface area contributed by atoms with Gasteiger partial charge < -0.3 is 15.8 Å². The average Bonchev–Trinajstić information content (AvgIpc) is 2.55. The molecule has 0 aliphatic heterocycles. The highest BCUT2D eigenvalue weighted by Gasteiger charge is 2.18. The predicted molar refractivity (Wildman–Crippen MR) is 84.5 cm³/mol. The molecule has 0 unspecified atom stereocenters. The number of nitrogens with one attached hydrogen (secondary N) is 1. The van der Waals surface area contributed by atoms with Gasteiger partial charge in [0, 0.05) is 0 Å². The van der Waals surface area contributed by atoms with Gasteiger partial charge in [-0.15, -0.1) is 0 Å². The second-order valence-corrected chi connectivity index (χ2v) is 4.82. The SMILES string of the molecule is COC(=O)c1ccccc1NC(=O)[C@@H](N)Cc1ccccc1. The summed E-state index contributed by atoms with van der Waals surface area (Å²) in [6.45, 7) is 0. The molecule has 3 N–H and O–H groups in total. The number of carbonyl (C=O) groups excluding carboxylic acids is 2. The van der Waals surface area contributed by atoms with Crippen LogP contribution in [-0.4, -0.2) is 25.0 Å². The number of esters is 1. The summed E-state index contributed by atoms with van der Waals surface area (Å²) >= 11 is 0. The summed E-state index contributed by atoms with van der Waals surface area (Å²) in [4.78, 5) is 23.9. The molecule has 114 valence electrons. The minimum atomic E-state index is -0.701. The molecule has 0 aliphatic rings. The molecule has 1 amide bonds. The number of para-hydroxylation sites is 1. The third kappa shape index (κ3) is 3.93. The molecule has 0 saturated heterocycles. The molecule has 0 spiro atoms. The van der Waals surface area contributed by atoms with Crippen molar-refractivity contribution in [2.45, 2.75) is 12.5 Å². The minimum Gasteiger partial charge on any atom is -0.465 e. The number of benzene rings is 2. The van der Waals surface area contributed by atoms with Crippen LogP contribution in [0.25, 0.3) is 0 Å². The Bertz CT molecular complexity index is 656. The van der Waals surface area contributed by atoms with E-state index in [1.54, 1.807) is 24.3 Å². The van der Waals surface area contributed by atoms with Crippen LogP contribution in [-0.2, 0) is 16.0 Å². The lowest BCUT2D eigenvalue weighted by Gasteiger charge is -2.14. The van der Waals surface area contributed by atoms with E-state index in [0.717, 1.165) is 5.56 Å². The van der Waals surface area contributed by atoms with E-state index in [1.165, 1.54) is 7.11 Å². The van der Waals surface area contributed by atoms with Gasteiger partial charge in [-0.05, 0) is 24.1 Å². The standard InChI is InChI=1S/C17H18N2O3/c1-22-17(21)13-9-5-6-10-15(13)19-16(20)14(18)11-12-7-3-2-4-8-12/h2-10,14H,11,18H2,1H3,(H,19,20)/t14-/m0/s1. The van der Waals surface area contributed by atoms with Gasteiger partial charge in [-0.25, -0.2) is 4.79 Å². The summed E-state index contributed by atoms with van der Waals surface area (Å²) in [5.74, 6) is -0.854. The van der Waals surface area contributed by atoms with Crippen LogP contribution in [0.2, 0.25) is 0 Å². The molecular formula is C17H18N2O3. The van der Waals surface area contributed by atoms with E-state index >= 15 is 0 Å². The van der Waals surface area contributed by atoms with Gasteiger partial charge in [-0.3, -0.25) is 4.79 Å². The quantitative estimate of drug-likeness (QED) is 0.827. The number of carbonyl (C=O) groups is 2. The maximum Gasteiger partial charge on any atom is 0.339 e. The summed E-state index contributed by atoms with van der Waals surface area (Å²) in [6, 6.07) is 15.5. The zero-order valence-electron chi connectivity index (χ0n) is 12.3. The lowest BCUT2D eigenvalue weighted by atomic mass is 10.1.